The molecule has 4 rings (SSSR count). The van der Waals surface area contributed by atoms with Gasteiger partial charge in [0.1, 0.15) is 0 Å². The first-order valence-electron chi connectivity index (χ1n) is 7.62. The Morgan fingerprint density at radius 3 is 2.40 bits per heavy atom. The minimum absolute atomic E-state index is 0.234. The minimum atomic E-state index is 0.234. The van der Waals surface area contributed by atoms with E-state index in [0.29, 0.717) is 11.8 Å². The van der Waals surface area contributed by atoms with Gasteiger partial charge in [0, 0.05) is 11.6 Å². The molecule has 2 aliphatic carbocycles. The number of benzene rings is 2. The third-order valence-corrected chi connectivity index (χ3v) is 4.98. The fourth-order valence-corrected chi connectivity index (χ4v) is 3.87. The predicted octanol–water partition coefficient (Wildman–Crippen LogP) is 4.21. The first-order valence-corrected chi connectivity index (χ1v) is 7.62. The third kappa shape index (κ3) is 2.00. The summed E-state index contributed by atoms with van der Waals surface area (Å²) in [5.74, 6) is 1.86. The highest BCUT2D eigenvalue weighted by Crippen LogP contribution is 2.55. The van der Waals surface area contributed by atoms with E-state index in [2.05, 4.69) is 29.6 Å². The summed E-state index contributed by atoms with van der Waals surface area (Å²) in [6.45, 7) is 0. The van der Waals surface area contributed by atoms with Crippen molar-refractivity contribution in [2.75, 3.05) is 5.32 Å². The summed E-state index contributed by atoms with van der Waals surface area (Å²) < 4.78 is 0. The summed E-state index contributed by atoms with van der Waals surface area (Å²) in [5.41, 5.74) is 0.928. The zero-order valence-electron chi connectivity index (χ0n) is 11.5. The molecule has 2 heteroatoms. The number of nitrogens with one attached hydrogen (secondary N) is 1. The van der Waals surface area contributed by atoms with Crippen LogP contribution in [0.3, 0.4) is 0 Å². The maximum atomic E-state index is 12.4. The molecule has 2 unspecified atom stereocenters. The highest BCUT2D eigenvalue weighted by Gasteiger charge is 2.54. The van der Waals surface area contributed by atoms with E-state index in [4.69, 9.17) is 0 Å². The number of amides is 1. The van der Waals surface area contributed by atoms with Crippen molar-refractivity contribution in [2.45, 2.75) is 25.7 Å². The van der Waals surface area contributed by atoms with Crippen molar-refractivity contribution in [1.82, 2.24) is 0 Å². The Balaban J connectivity index is 1.51. The molecule has 0 aliphatic heterocycles. The van der Waals surface area contributed by atoms with E-state index in [1.165, 1.54) is 36.5 Å². The molecule has 2 aromatic carbocycles. The molecule has 0 heterocycles. The standard InChI is InChI=1S/C18H19NO/c20-18(17-15-7-3-4-8-16(15)17)19-14-10-9-12-5-1-2-6-13(12)11-14/h1-2,5-6,9-11,15-17H,3-4,7-8H2,(H,19,20). The highest BCUT2D eigenvalue weighted by atomic mass is 16.2. The summed E-state index contributed by atoms with van der Waals surface area (Å²) in [5, 5.41) is 5.51. The van der Waals surface area contributed by atoms with Crippen molar-refractivity contribution in [3.63, 3.8) is 0 Å². The van der Waals surface area contributed by atoms with Gasteiger partial charge in [-0.25, -0.2) is 0 Å². The smallest absolute Gasteiger partial charge is 0.228 e. The SMILES string of the molecule is O=C(Nc1ccc2ccccc2c1)C1C2CCCCC21. The second-order valence-corrected chi connectivity index (χ2v) is 6.19. The lowest BCUT2D eigenvalue weighted by atomic mass is 10.0. The Bertz CT molecular complexity index is 651. The number of hydrogen-bond acceptors (Lipinski definition) is 1. The molecule has 0 aromatic heterocycles. The second-order valence-electron chi connectivity index (χ2n) is 6.19. The molecule has 0 bridgehead atoms. The van der Waals surface area contributed by atoms with Gasteiger partial charge in [0.15, 0.2) is 0 Å². The molecule has 0 saturated heterocycles. The summed E-state index contributed by atoms with van der Waals surface area (Å²) >= 11 is 0. The van der Waals surface area contributed by atoms with Gasteiger partial charge in [0.25, 0.3) is 0 Å². The fourth-order valence-electron chi connectivity index (χ4n) is 3.87. The van der Waals surface area contributed by atoms with E-state index in [9.17, 15) is 4.79 Å². The molecule has 2 aliphatic rings. The molecular weight excluding hydrogens is 246 g/mol. The monoisotopic (exact) mass is 265 g/mol. The van der Waals surface area contributed by atoms with Gasteiger partial charge in [-0.15, -0.1) is 0 Å². The largest absolute Gasteiger partial charge is 0.326 e. The summed E-state index contributed by atoms with van der Waals surface area (Å²) in [6.07, 6.45) is 5.11. The van der Waals surface area contributed by atoms with Crippen LogP contribution in [0.15, 0.2) is 42.5 Å². The van der Waals surface area contributed by atoms with E-state index in [0.717, 1.165) is 5.69 Å². The van der Waals surface area contributed by atoms with Crippen molar-refractivity contribution in [2.24, 2.45) is 17.8 Å². The summed E-state index contributed by atoms with van der Waals surface area (Å²) in [6, 6.07) is 14.4. The molecule has 0 spiro atoms. The van der Waals surface area contributed by atoms with Crippen molar-refractivity contribution in [3.8, 4) is 0 Å². The van der Waals surface area contributed by atoms with Crippen LogP contribution in [0.4, 0.5) is 5.69 Å². The van der Waals surface area contributed by atoms with Gasteiger partial charge in [-0.1, -0.05) is 43.2 Å². The Morgan fingerprint density at radius 2 is 1.65 bits per heavy atom. The van der Waals surface area contributed by atoms with E-state index < -0.39 is 0 Å². The molecule has 0 radical (unpaired) electrons. The van der Waals surface area contributed by atoms with Gasteiger partial charge >= 0.3 is 0 Å². The lowest BCUT2D eigenvalue weighted by Crippen LogP contribution is -2.15. The lowest BCUT2D eigenvalue weighted by molar-refractivity contribution is -0.117. The van der Waals surface area contributed by atoms with Gasteiger partial charge in [-0.3, -0.25) is 4.79 Å². The normalized spacial score (nSPS) is 27.9. The molecule has 102 valence electrons. The Morgan fingerprint density at radius 1 is 0.950 bits per heavy atom. The van der Waals surface area contributed by atoms with Crippen molar-refractivity contribution in [1.29, 1.82) is 0 Å². The van der Waals surface area contributed by atoms with Gasteiger partial charge in [0.05, 0.1) is 0 Å². The maximum absolute atomic E-state index is 12.4. The van der Waals surface area contributed by atoms with Crippen LogP contribution in [-0.2, 0) is 4.79 Å². The van der Waals surface area contributed by atoms with Crippen molar-refractivity contribution >= 4 is 22.4 Å². The lowest BCUT2D eigenvalue weighted by Gasteiger charge is -2.06. The van der Waals surface area contributed by atoms with Crippen LogP contribution in [-0.4, -0.2) is 5.91 Å². The number of rotatable bonds is 2. The number of carbonyl (C=O) groups is 1. The quantitative estimate of drug-likeness (QED) is 0.865. The average molecular weight is 265 g/mol. The van der Waals surface area contributed by atoms with E-state index in [-0.39, 0.29) is 11.8 Å². The van der Waals surface area contributed by atoms with Gasteiger partial charge in [-0.2, -0.15) is 0 Å². The molecular formula is C18H19NO. The van der Waals surface area contributed by atoms with Crippen LogP contribution in [0.25, 0.3) is 10.8 Å². The molecule has 2 fully saturated rings. The number of carbonyl (C=O) groups excluding carboxylic acids is 1. The number of fused-ring (bicyclic) bond motifs is 2. The summed E-state index contributed by atoms with van der Waals surface area (Å²) in [4.78, 5) is 12.4. The van der Waals surface area contributed by atoms with Crippen LogP contribution in [0.2, 0.25) is 0 Å². The van der Waals surface area contributed by atoms with E-state index in [1.54, 1.807) is 0 Å². The second kappa shape index (κ2) is 4.62. The van der Waals surface area contributed by atoms with E-state index >= 15 is 0 Å². The number of hydrogen-bond donors (Lipinski definition) is 1. The summed E-state index contributed by atoms with van der Waals surface area (Å²) in [7, 11) is 0. The Kier molecular flexibility index (Phi) is 2.76. The van der Waals surface area contributed by atoms with Crippen LogP contribution in [0.5, 0.6) is 0 Å². The molecule has 1 N–H and O–H groups in total. The van der Waals surface area contributed by atoms with Gasteiger partial charge in [-0.05, 0) is 47.6 Å². The van der Waals surface area contributed by atoms with Crippen LogP contribution >= 0.6 is 0 Å². The number of anilines is 1. The van der Waals surface area contributed by atoms with E-state index in [1.807, 2.05) is 18.2 Å². The Hall–Kier alpha value is -1.83. The zero-order valence-corrected chi connectivity index (χ0v) is 11.5. The topological polar surface area (TPSA) is 29.1 Å². The highest BCUT2D eigenvalue weighted by molar-refractivity contribution is 5.97. The molecule has 2 atom stereocenters. The van der Waals surface area contributed by atoms with Crippen LogP contribution < -0.4 is 5.32 Å². The molecule has 2 nitrogen and oxygen atoms in total. The van der Waals surface area contributed by atoms with Crippen molar-refractivity contribution in [3.05, 3.63) is 42.5 Å². The third-order valence-electron chi connectivity index (χ3n) is 4.98. The van der Waals surface area contributed by atoms with Gasteiger partial charge in [0.2, 0.25) is 5.91 Å². The molecule has 2 aromatic rings. The average Bonchev–Trinajstić information content (AvgIpc) is 3.21. The fraction of sp³-hybridized carbons (Fsp3) is 0.389. The minimum Gasteiger partial charge on any atom is -0.326 e. The molecule has 20 heavy (non-hydrogen) atoms. The van der Waals surface area contributed by atoms with Crippen LogP contribution in [0, 0.1) is 17.8 Å². The predicted molar refractivity (Wildman–Crippen MR) is 81.5 cm³/mol. The molecule has 1 amide bonds. The Labute approximate surface area is 119 Å². The first kappa shape index (κ1) is 12.0. The van der Waals surface area contributed by atoms with Crippen molar-refractivity contribution < 1.29 is 4.79 Å². The first-order chi connectivity index (χ1) is 9.83. The zero-order chi connectivity index (χ0) is 13.5. The van der Waals surface area contributed by atoms with Gasteiger partial charge < -0.3 is 5.32 Å². The maximum Gasteiger partial charge on any atom is 0.228 e. The molecule has 2 saturated carbocycles. The van der Waals surface area contributed by atoms with Crippen LogP contribution in [0.1, 0.15) is 25.7 Å².